The van der Waals surface area contributed by atoms with E-state index < -0.39 is 12.3 Å². The molecule has 6 nitrogen and oxygen atoms in total. The summed E-state index contributed by atoms with van der Waals surface area (Å²) in [7, 11) is 0. The van der Waals surface area contributed by atoms with Crippen molar-refractivity contribution in [3.05, 3.63) is 29.8 Å². The van der Waals surface area contributed by atoms with E-state index in [1.54, 1.807) is 24.3 Å². The van der Waals surface area contributed by atoms with Crippen LogP contribution in [0.1, 0.15) is 24.5 Å². The lowest BCUT2D eigenvalue weighted by molar-refractivity contribution is -0.135. The third kappa shape index (κ3) is 4.14. The second-order valence-corrected chi connectivity index (χ2v) is 5.65. The second kappa shape index (κ2) is 7.19. The van der Waals surface area contributed by atoms with Crippen LogP contribution in [0.3, 0.4) is 0 Å². The van der Waals surface area contributed by atoms with Gasteiger partial charge in [-0.25, -0.2) is 0 Å². The van der Waals surface area contributed by atoms with Gasteiger partial charge in [-0.2, -0.15) is 0 Å². The molecule has 114 valence electrons. The Morgan fingerprint density at radius 1 is 1.43 bits per heavy atom. The first-order valence-corrected chi connectivity index (χ1v) is 8.15. The highest BCUT2D eigenvalue weighted by molar-refractivity contribution is 14.1. The summed E-state index contributed by atoms with van der Waals surface area (Å²) in [4.78, 5) is 24.1. The first-order chi connectivity index (χ1) is 10.0. The van der Waals surface area contributed by atoms with Crippen LogP contribution >= 0.6 is 22.6 Å². The number of rotatable bonds is 5. The number of anilines is 1. The van der Waals surface area contributed by atoms with Crippen molar-refractivity contribution in [2.45, 2.75) is 25.2 Å². The number of halogens is 1. The number of benzene rings is 1. The van der Waals surface area contributed by atoms with Crippen LogP contribution in [0.2, 0.25) is 0 Å². The fraction of sp³-hybridized carbons (Fsp3) is 0.429. The molecule has 1 aliphatic heterocycles. The molecule has 0 aromatic heterocycles. The van der Waals surface area contributed by atoms with Gasteiger partial charge in [-0.05, 0) is 17.7 Å². The SMILES string of the molecule is O=C(CI)Nc1ccc(C(O)CN2C(=O)CCC2O)cc1. The number of β-amino-alcohol motifs (C(OH)–C–C–N with tert-alkyl or cyclic N) is 1. The number of hydrogen-bond acceptors (Lipinski definition) is 4. The molecule has 1 saturated heterocycles. The van der Waals surface area contributed by atoms with Crippen LogP contribution in [0.25, 0.3) is 0 Å². The van der Waals surface area contributed by atoms with Gasteiger partial charge < -0.3 is 20.4 Å². The Bertz CT molecular complexity index is 520. The zero-order chi connectivity index (χ0) is 15.4. The molecule has 0 spiro atoms. The average molecular weight is 404 g/mol. The Morgan fingerprint density at radius 2 is 2.10 bits per heavy atom. The Morgan fingerprint density at radius 3 is 2.62 bits per heavy atom. The van der Waals surface area contributed by atoms with E-state index >= 15 is 0 Å². The maximum atomic E-state index is 11.6. The van der Waals surface area contributed by atoms with Crippen molar-refractivity contribution in [2.75, 3.05) is 16.3 Å². The van der Waals surface area contributed by atoms with Crippen molar-refractivity contribution >= 4 is 40.1 Å². The van der Waals surface area contributed by atoms with Crippen molar-refractivity contribution in [3.63, 3.8) is 0 Å². The number of aliphatic hydroxyl groups excluding tert-OH is 2. The molecule has 2 atom stereocenters. The van der Waals surface area contributed by atoms with Crippen molar-refractivity contribution in [2.24, 2.45) is 0 Å². The Balaban J connectivity index is 1.98. The summed E-state index contributed by atoms with van der Waals surface area (Å²) in [5.74, 6) is -0.234. The number of amides is 2. The number of carbonyl (C=O) groups excluding carboxylic acids is 2. The van der Waals surface area contributed by atoms with Gasteiger partial charge in [0.15, 0.2) is 0 Å². The molecule has 3 N–H and O–H groups in total. The van der Waals surface area contributed by atoms with E-state index in [-0.39, 0.29) is 18.4 Å². The Labute approximate surface area is 136 Å². The van der Waals surface area contributed by atoms with Crippen molar-refractivity contribution in [1.29, 1.82) is 0 Å². The number of likely N-dealkylation sites (tertiary alicyclic amines) is 1. The summed E-state index contributed by atoms with van der Waals surface area (Å²) < 4.78 is 0.372. The predicted octanol–water partition coefficient (Wildman–Crippen LogP) is 1.03. The Hall–Kier alpha value is -1.19. The van der Waals surface area contributed by atoms with Gasteiger partial charge in [0.05, 0.1) is 17.1 Å². The zero-order valence-corrected chi connectivity index (χ0v) is 13.5. The van der Waals surface area contributed by atoms with Gasteiger partial charge in [0.25, 0.3) is 0 Å². The third-order valence-corrected chi connectivity index (χ3v) is 4.06. The number of aliphatic hydroxyl groups is 2. The van der Waals surface area contributed by atoms with Crippen LogP contribution in [-0.4, -0.2) is 44.1 Å². The molecule has 7 heteroatoms. The van der Waals surface area contributed by atoms with Crippen LogP contribution in [-0.2, 0) is 9.59 Å². The molecule has 0 saturated carbocycles. The molecule has 21 heavy (non-hydrogen) atoms. The van der Waals surface area contributed by atoms with E-state index in [4.69, 9.17) is 0 Å². The van der Waals surface area contributed by atoms with Crippen LogP contribution in [0, 0.1) is 0 Å². The fourth-order valence-corrected chi connectivity index (χ4v) is 2.41. The predicted molar refractivity (Wildman–Crippen MR) is 85.9 cm³/mol. The molecule has 1 aliphatic rings. The van der Waals surface area contributed by atoms with Gasteiger partial charge in [0.1, 0.15) is 6.23 Å². The van der Waals surface area contributed by atoms with E-state index in [0.29, 0.717) is 28.5 Å². The highest BCUT2D eigenvalue weighted by Gasteiger charge is 2.30. The number of nitrogens with one attached hydrogen (secondary N) is 1. The number of alkyl halides is 1. The Kier molecular flexibility index (Phi) is 5.54. The quantitative estimate of drug-likeness (QED) is 0.506. The lowest BCUT2D eigenvalue weighted by Crippen LogP contribution is -2.36. The summed E-state index contributed by atoms with van der Waals surface area (Å²) in [6.45, 7) is 0.0689. The van der Waals surface area contributed by atoms with Crippen LogP contribution in [0.4, 0.5) is 5.69 Å². The fourth-order valence-electron chi connectivity index (χ4n) is 2.22. The summed E-state index contributed by atoms with van der Waals surface area (Å²) in [5, 5.41) is 22.5. The molecule has 1 heterocycles. The summed E-state index contributed by atoms with van der Waals surface area (Å²) in [6.07, 6.45) is -0.951. The van der Waals surface area contributed by atoms with Crippen LogP contribution in [0.5, 0.6) is 0 Å². The summed E-state index contributed by atoms with van der Waals surface area (Å²) in [5.41, 5.74) is 1.29. The van der Waals surface area contributed by atoms with Gasteiger partial charge >= 0.3 is 0 Å². The van der Waals surface area contributed by atoms with E-state index in [2.05, 4.69) is 5.32 Å². The molecule has 0 aliphatic carbocycles. The van der Waals surface area contributed by atoms with Gasteiger partial charge in [-0.15, -0.1) is 0 Å². The topological polar surface area (TPSA) is 89.9 Å². The second-order valence-electron chi connectivity index (χ2n) is 4.89. The van der Waals surface area contributed by atoms with Crippen LogP contribution in [0.15, 0.2) is 24.3 Å². The standard InChI is InChI=1S/C14H17IN2O4/c15-7-12(19)16-10-3-1-9(2-4-10)11(18)8-17-13(20)5-6-14(17)21/h1-4,11,13,18,20H,5-8H2,(H,16,19). The molecule has 1 aromatic carbocycles. The number of carbonyl (C=O) groups is 2. The van der Waals surface area contributed by atoms with Crippen molar-refractivity contribution in [3.8, 4) is 0 Å². The molecule has 0 radical (unpaired) electrons. The third-order valence-electron chi connectivity index (χ3n) is 3.37. The van der Waals surface area contributed by atoms with Gasteiger partial charge in [-0.1, -0.05) is 34.7 Å². The van der Waals surface area contributed by atoms with E-state index in [9.17, 15) is 19.8 Å². The van der Waals surface area contributed by atoms with Gasteiger partial charge in [0.2, 0.25) is 11.8 Å². The molecule has 2 rings (SSSR count). The summed E-state index contributed by atoms with van der Waals surface area (Å²) >= 11 is 1.98. The first kappa shape index (κ1) is 16.2. The minimum Gasteiger partial charge on any atom is -0.387 e. The monoisotopic (exact) mass is 404 g/mol. The minimum absolute atomic E-state index is 0.0689. The lowest BCUT2D eigenvalue weighted by atomic mass is 10.1. The molecule has 2 unspecified atom stereocenters. The molecular formula is C14H17IN2O4. The van der Waals surface area contributed by atoms with E-state index in [1.165, 1.54) is 4.90 Å². The summed E-state index contributed by atoms with van der Waals surface area (Å²) in [6, 6.07) is 6.79. The van der Waals surface area contributed by atoms with Crippen molar-refractivity contribution < 1.29 is 19.8 Å². The smallest absolute Gasteiger partial charge is 0.234 e. The largest absolute Gasteiger partial charge is 0.387 e. The maximum absolute atomic E-state index is 11.6. The van der Waals surface area contributed by atoms with Crippen LogP contribution < -0.4 is 5.32 Å². The zero-order valence-electron chi connectivity index (χ0n) is 11.3. The van der Waals surface area contributed by atoms with Gasteiger partial charge in [0, 0.05) is 18.5 Å². The molecule has 1 aromatic rings. The average Bonchev–Trinajstić information content (AvgIpc) is 2.79. The van der Waals surface area contributed by atoms with E-state index in [1.807, 2.05) is 22.6 Å². The number of nitrogens with zero attached hydrogens (tertiary/aromatic N) is 1. The highest BCUT2D eigenvalue weighted by Crippen LogP contribution is 2.22. The minimum atomic E-state index is -0.865. The molecule has 1 fully saturated rings. The maximum Gasteiger partial charge on any atom is 0.234 e. The normalized spacial score (nSPS) is 19.7. The van der Waals surface area contributed by atoms with E-state index in [0.717, 1.165) is 0 Å². The number of hydrogen-bond donors (Lipinski definition) is 3. The lowest BCUT2D eigenvalue weighted by Gasteiger charge is -2.23. The molecule has 0 bridgehead atoms. The highest BCUT2D eigenvalue weighted by atomic mass is 127. The molecular weight excluding hydrogens is 387 g/mol. The van der Waals surface area contributed by atoms with Gasteiger partial charge in [-0.3, -0.25) is 9.59 Å². The molecule has 2 amide bonds. The van der Waals surface area contributed by atoms with Crippen molar-refractivity contribution in [1.82, 2.24) is 4.90 Å². The first-order valence-electron chi connectivity index (χ1n) is 6.62.